The van der Waals surface area contributed by atoms with Gasteiger partial charge in [-0.15, -0.1) is 0 Å². The highest BCUT2D eigenvalue weighted by Crippen LogP contribution is 2.28. The molecule has 0 bridgehead atoms. The molecule has 1 fully saturated rings. The van der Waals surface area contributed by atoms with Crippen molar-refractivity contribution in [3.63, 3.8) is 0 Å². The van der Waals surface area contributed by atoms with Gasteiger partial charge in [-0.3, -0.25) is 9.58 Å². The molecule has 1 aromatic rings. The van der Waals surface area contributed by atoms with Crippen LogP contribution in [-0.2, 0) is 13.1 Å². The first-order chi connectivity index (χ1) is 9.60. The lowest BCUT2D eigenvalue weighted by atomic mass is 9.89. The summed E-state index contributed by atoms with van der Waals surface area (Å²) in [6.45, 7) is 9.93. The Kier molecular flexibility index (Phi) is 5.47. The predicted molar refractivity (Wildman–Crippen MR) is 83.9 cm³/mol. The molecule has 20 heavy (non-hydrogen) atoms. The summed E-state index contributed by atoms with van der Waals surface area (Å²) in [6.07, 6.45) is 3.74. The molecule has 0 aliphatic carbocycles. The molecule has 1 saturated heterocycles. The first-order valence-corrected chi connectivity index (χ1v) is 8.14. The molecule has 2 rings (SSSR count). The molecular weight excluding hydrogens is 272 g/mol. The van der Waals surface area contributed by atoms with Gasteiger partial charge in [0.15, 0.2) is 0 Å². The van der Waals surface area contributed by atoms with Crippen molar-refractivity contribution >= 4 is 11.6 Å². The molecule has 1 aliphatic rings. The maximum Gasteiger partial charge on any atom is 0.0860 e. The van der Waals surface area contributed by atoms with Gasteiger partial charge in [-0.2, -0.15) is 5.10 Å². The Bertz CT molecular complexity index is 443. The molecular formula is C15H27ClN4. The average molecular weight is 299 g/mol. The first-order valence-electron chi connectivity index (χ1n) is 7.76. The van der Waals surface area contributed by atoms with Crippen LogP contribution in [0.4, 0.5) is 0 Å². The van der Waals surface area contributed by atoms with Crippen LogP contribution in [0.25, 0.3) is 0 Å². The van der Waals surface area contributed by atoms with Crippen molar-refractivity contribution in [2.45, 2.75) is 59.2 Å². The summed E-state index contributed by atoms with van der Waals surface area (Å²) in [5.41, 5.74) is 8.05. The van der Waals surface area contributed by atoms with Crippen molar-refractivity contribution < 1.29 is 0 Å². The quantitative estimate of drug-likeness (QED) is 0.909. The first kappa shape index (κ1) is 15.8. The minimum atomic E-state index is 0.477. The maximum absolute atomic E-state index is 6.42. The Balaban J connectivity index is 2.13. The number of nitrogens with two attached hydrogens (primary N) is 1. The smallest absolute Gasteiger partial charge is 0.0860 e. The van der Waals surface area contributed by atoms with Gasteiger partial charge in [0.2, 0.25) is 0 Å². The number of rotatable bonds is 5. The van der Waals surface area contributed by atoms with E-state index in [2.05, 4.69) is 23.8 Å². The topological polar surface area (TPSA) is 47.1 Å². The monoisotopic (exact) mass is 298 g/mol. The SMILES string of the molecule is CCC1CCN(Cc2c(Cl)c(C)nn2CC)C(CN)C1. The van der Waals surface area contributed by atoms with Gasteiger partial charge in [0.1, 0.15) is 0 Å². The lowest BCUT2D eigenvalue weighted by molar-refractivity contribution is 0.104. The summed E-state index contributed by atoms with van der Waals surface area (Å²) in [6, 6.07) is 0.477. The molecule has 1 aliphatic heterocycles. The maximum atomic E-state index is 6.42. The number of likely N-dealkylation sites (tertiary alicyclic amines) is 1. The van der Waals surface area contributed by atoms with Crippen LogP contribution >= 0.6 is 11.6 Å². The van der Waals surface area contributed by atoms with E-state index in [1.165, 1.54) is 19.3 Å². The van der Waals surface area contributed by atoms with Crippen LogP contribution in [-0.4, -0.2) is 33.8 Å². The minimum absolute atomic E-state index is 0.477. The molecule has 0 aromatic carbocycles. The van der Waals surface area contributed by atoms with Crippen molar-refractivity contribution in [1.29, 1.82) is 0 Å². The third-order valence-corrected chi connectivity index (χ3v) is 5.09. The van der Waals surface area contributed by atoms with Gasteiger partial charge in [-0.1, -0.05) is 24.9 Å². The summed E-state index contributed by atoms with van der Waals surface area (Å²) in [5, 5.41) is 5.32. The normalized spacial score (nSPS) is 24.2. The number of halogens is 1. The van der Waals surface area contributed by atoms with E-state index in [1.807, 2.05) is 11.6 Å². The zero-order valence-electron chi connectivity index (χ0n) is 12.9. The third-order valence-electron chi connectivity index (χ3n) is 4.60. The van der Waals surface area contributed by atoms with E-state index in [0.29, 0.717) is 6.04 Å². The van der Waals surface area contributed by atoms with E-state index < -0.39 is 0 Å². The number of nitrogens with zero attached hydrogens (tertiary/aromatic N) is 3. The summed E-state index contributed by atoms with van der Waals surface area (Å²) >= 11 is 6.42. The van der Waals surface area contributed by atoms with Crippen LogP contribution in [0.5, 0.6) is 0 Å². The molecule has 0 saturated carbocycles. The van der Waals surface area contributed by atoms with Gasteiger partial charge in [0, 0.05) is 25.7 Å². The lowest BCUT2D eigenvalue weighted by Gasteiger charge is -2.38. The molecule has 2 heterocycles. The summed E-state index contributed by atoms with van der Waals surface area (Å²) in [5.74, 6) is 0.827. The van der Waals surface area contributed by atoms with Crippen LogP contribution in [0.15, 0.2) is 0 Å². The lowest BCUT2D eigenvalue weighted by Crippen LogP contribution is -2.46. The highest BCUT2D eigenvalue weighted by molar-refractivity contribution is 6.31. The molecule has 0 radical (unpaired) electrons. The van der Waals surface area contributed by atoms with Crippen molar-refractivity contribution in [3.8, 4) is 0 Å². The number of hydrogen-bond donors (Lipinski definition) is 1. The largest absolute Gasteiger partial charge is 0.329 e. The highest BCUT2D eigenvalue weighted by atomic mass is 35.5. The van der Waals surface area contributed by atoms with Crippen molar-refractivity contribution in [2.24, 2.45) is 11.7 Å². The molecule has 114 valence electrons. The van der Waals surface area contributed by atoms with Gasteiger partial charge >= 0.3 is 0 Å². The van der Waals surface area contributed by atoms with Gasteiger partial charge in [0.25, 0.3) is 0 Å². The zero-order valence-corrected chi connectivity index (χ0v) is 13.7. The molecule has 0 amide bonds. The number of hydrogen-bond acceptors (Lipinski definition) is 3. The van der Waals surface area contributed by atoms with E-state index in [9.17, 15) is 0 Å². The van der Waals surface area contributed by atoms with E-state index in [-0.39, 0.29) is 0 Å². The van der Waals surface area contributed by atoms with E-state index in [0.717, 1.165) is 48.5 Å². The van der Waals surface area contributed by atoms with Crippen molar-refractivity contribution in [3.05, 3.63) is 16.4 Å². The molecule has 4 nitrogen and oxygen atoms in total. The zero-order chi connectivity index (χ0) is 14.7. The Hall–Kier alpha value is -0.580. The molecule has 1 aromatic heterocycles. The van der Waals surface area contributed by atoms with Gasteiger partial charge in [-0.05, 0) is 39.2 Å². The summed E-state index contributed by atoms with van der Waals surface area (Å²) in [7, 11) is 0. The average Bonchev–Trinajstić information content (AvgIpc) is 2.75. The fraction of sp³-hybridized carbons (Fsp3) is 0.800. The van der Waals surface area contributed by atoms with Gasteiger partial charge in [-0.25, -0.2) is 0 Å². The van der Waals surface area contributed by atoms with Gasteiger partial charge < -0.3 is 5.73 Å². The number of aryl methyl sites for hydroxylation is 2. The van der Waals surface area contributed by atoms with Crippen molar-refractivity contribution in [2.75, 3.05) is 13.1 Å². The molecule has 2 unspecified atom stereocenters. The minimum Gasteiger partial charge on any atom is -0.329 e. The predicted octanol–water partition coefficient (Wildman–Crippen LogP) is 2.81. The second-order valence-corrected chi connectivity index (χ2v) is 6.20. The van der Waals surface area contributed by atoms with E-state index in [4.69, 9.17) is 17.3 Å². The fourth-order valence-corrected chi connectivity index (χ4v) is 3.41. The molecule has 5 heteroatoms. The Labute approximate surface area is 127 Å². The van der Waals surface area contributed by atoms with Gasteiger partial charge in [0.05, 0.1) is 16.4 Å². The number of aromatic nitrogens is 2. The molecule has 0 spiro atoms. The third kappa shape index (κ3) is 3.18. The van der Waals surface area contributed by atoms with Crippen LogP contribution in [0.3, 0.4) is 0 Å². The van der Waals surface area contributed by atoms with Crippen molar-refractivity contribution in [1.82, 2.24) is 14.7 Å². The standard InChI is InChI=1S/C15H27ClN4/c1-4-12-6-7-19(13(8-12)9-17)10-14-15(16)11(3)18-20(14)5-2/h12-13H,4-10,17H2,1-3H3. The van der Waals surface area contributed by atoms with E-state index in [1.54, 1.807) is 0 Å². The second-order valence-electron chi connectivity index (χ2n) is 5.82. The molecule has 2 atom stereocenters. The molecule has 2 N–H and O–H groups in total. The Morgan fingerprint density at radius 2 is 2.15 bits per heavy atom. The Morgan fingerprint density at radius 3 is 2.75 bits per heavy atom. The summed E-state index contributed by atoms with van der Waals surface area (Å²) < 4.78 is 2.02. The second kappa shape index (κ2) is 6.92. The highest BCUT2D eigenvalue weighted by Gasteiger charge is 2.28. The van der Waals surface area contributed by atoms with Crippen LogP contribution in [0.1, 0.15) is 44.5 Å². The van der Waals surface area contributed by atoms with Crippen LogP contribution in [0, 0.1) is 12.8 Å². The number of piperidine rings is 1. The van der Waals surface area contributed by atoms with E-state index >= 15 is 0 Å². The fourth-order valence-electron chi connectivity index (χ4n) is 3.22. The van der Waals surface area contributed by atoms with Crippen LogP contribution < -0.4 is 5.73 Å². The Morgan fingerprint density at radius 1 is 1.40 bits per heavy atom. The summed E-state index contributed by atoms with van der Waals surface area (Å²) in [4.78, 5) is 2.49. The van der Waals surface area contributed by atoms with Crippen LogP contribution in [0.2, 0.25) is 5.02 Å².